The number of carbonyl (C=O) groups excluding carboxylic acids is 1. The zero-order valence-electron chi connectivity index (χ0n) is 18.2. The highest BCUT2D eigenvalue weighted by Crippen LogP contribution is 2.46. The number of aromatic nitrogens is 2. The Hall–Kier alpha value is -4.20. The third-order valence-corrected chi connectivity index (χ3v) is 5.73. The summed E-state index contributed by atoms with van der Waals surface area (Å²) in [4.78, 5) is 15.2. The molecule has 1 aliphatic rings. The summed E-state index contributed by atoms with van der Waals surface area (Å²) in [5.41, 5.74) is 2.98. The second kappa shape index (κ2) is 8.38. The van der Waals surface area contributed by atoms with E-state index < -0.39 is 6.04 Å². The number of phenolic OH excluding ortho intramolecular Hbond substituents is 1. The van der Waals surface area contributed by atoms with Gasteiger partial charge in [0.15, 0.2) is 11.5 Å². The number of nitrogens with one attached hydrogen (secondary N) is 1. The minimum atomic E-state index is -0.476. The number of nitrogens with zero attached hydrogens (tertiary/aromatic N) is 2. The lowest BCUT2D eigenvalue weighted by atomic mass is 9.95. The Kier molecular flexibility index (Phi) is 5.26. The lowest BCUT2D eigenvalue weighted by molar-refractivity contribution is 0.0717. The third kappa shape index (κ3) is 3.49. The molecule has 0 radical (unpaired) electrons. The molecule has 0 bridgehead atoms. The van der Waals surface area contributed by atoms with Gasteiger partial charge >= 0.3 is 0 Å². The molecule has 33 heavy (non-hydrogen) atoms. The Morgan fingerprint density at radius 1 is 1.15 bits per heavy atom. The van der Waals surface area contributed by atoms with E-state index in [9.17, 15) is 9.90 Å². The van der Waals surface area contributed by atoms with Crippen molar-refractivity contribution in [2.75, 3.05) is 13.7 Å². The number of amides is 1. The molecule has 1 amide bonds. The molecule has 0 unspecified atom stereocenters. The number of aromatic amines is 1. The summed E-state index contributed by atoms with van der Waals surface area (Å²) < 4.78 is 16.8. The Balaban J connectivity index is 1.67. The van der Waals surface area contributed by atoms with Gasteiger partial charge < -0.3 is 23.9 Å². The topological polar surface area (TPSA) is 101 Å². The summed E-state index contributed by atoms with van der Waals surface area (Å²) >= 11 is 0. The summed E-state index contributed by atoms with van der Waals surface area (Å²) in [5.74, 6) is 1.74. The van der Waals surface area contributed by atoms with Crippen LogP contribution in [0.3, 0.4) is 0 Å². The van der Waals surface area contributed by atoms with Gasteiger partial charge in [-0.25, -0.2) is 0 Å². The van der Waals surface area contributed by atoms with Gasteiger partial charge in [0, 0.05) is 11.1 Å². The first-order valence-corrected chi connectivity index (χ1v) is 10.6. The summed E-state index contributed by atoms with van der Waals surface area (Å²) in [5, 5.41) is 17.8. The molecule has 2 N–H and O–H groups in total. The van der Waals surface area contributed by atoms with Crippen LogP contribution in [0.4, 0.5) is 0 Å². The molecule has 0 fully saturated rings. The SMILES string of the molecule is CCOc1ccc([C@H]2c3c(-c4ccccc4O)n[nH]c3C(=O)N2Cc2ccco2)cc1OC. The van der Waals surface area contributed by atoms with E-state index in [1.165, 1.54) is 0 Å². The number of carbonyl (C=O) groups is 1. The van der Waals surface area contributed by atoms with E-state index >= 15 is 0 Å². The van der Waals surface area contributed by atoms with Gasteiger partial charge in [-0.15, -0.1) is 0 Å². The Morgan fingerprint density at radius 3 is 2.73 bits per heavy atom. The fraction of sp³-hybridized carbons (Fsp3) is 0.200. The van der Waals surface area contributed by atoms with E-state index in [0.29, 0.717) is 46.4 Å². The Bertz CT molecular complexity index is 1300. The molecule has 8 nitrogen and oxygen atoms in total. The van der Waals surface area contributed by atoms with Crippen LogP contribution in [0.15, 0.2) is 65.3 Å². The quantitative estimate of drug-likeness (QED) is 0.434. The average Bonchev–Trinajstić information content (AvgIpc) is 3.55. The first kappa shape index (κ1) is 20.7. The molecule has 2 aromatic carbocycles. The lowest BCUT2D eigenvalue weighted by Gasteiger charge is -2.26. The standard InChI is InChI=1S/C25H23N3O5/c1-3-32-19-11-10-15(13-20(19)31-2)24-21-22(17-8-4-5-9-18(17)29)26-27-23(21)25(30)28(24)14-16-7-6-12-33-16/h4-13,24,29H,3,14H2,1-2H3,(H,26,27)/t24-/m0/s1. The van der Waals surface area contributed by atoms with Crippen molar-refractivity contribution in [3.05, 3.63) is 83.4 Å². The van der Waals surface area contributed by atoms with Crippen LogP contribution in [0.2, 0.25) is 0 Å². The number of para-hydroxylation sites is 1. The highest BCUT2D eigenvalue weighted by molar-refractivity contribution is 6.00. The van der Waals surface area contributed by atoms with E-state index in [4.69, 9.17) is 13.9 Å². The number of phenols is 1. The summed E-state index contributed by atoms with van der Waals surface area (Å²) in [7, 11) is 1.58. The number of hydrogen-bond acceptors (Lipinski definition) is 6. The van der Waals surface area contributed by atoms with Crippen molar-refractivity contribution in [1.29, 1.82) is 0 Å². The maximum absolute atomic E-state index is 13.5. The van der Waals surface area contributed by atoms with Crippen molar-refractivity contribution < 1.29 is 23.8 Å². The summed E-state index contributed by atoms with van der Waals surface area (Å²) in [6.45, 7) is 2.69. The van der Waals surface area contributed by atoms with Crippen LogP contribution in [0.5, 0.6) is 17.2 Å². The minimum absolute atomic E-state index is 0.0896. The van der Waals surface area contributed by atoms with E-state index in [1.54, 1.807) is 42.5 Å². The first-order chi connectivity index (χ1) is 16.1. The lowest BCUT2D eigenvalue weighted by Crippen LogP contribution is -2.29. The molecule has 0 saturated carbocycles. The monoisotopic (exact) mass is 445 g/mol. The van der Waals surface area contributed by atoms with Gasteiger partial charge in [0.05, 0.1) is 32.6 Å². The largest absolute Gasteiger partial charge is 0.507 e. The Morgan fingerprint density at radius 2 is 2.00 bits per heavy atom. The predicted octanol–water partition coefficient (Wildman–Crippen LogP) is 4.53. The van der Waals surface area contributed by atoms with Crippen molar-refractivity contribution in [2.24, 2.45) is 0 Å². The molecule has 0 spiro atoms. The van der Waals surface area contributed by atoms with E-state index in [1.807, 2.05) is 37.3 Å². The van der Waals surface area contributed by atoms with Gasteiger partial charge in [-0.3, -0.25) is 9.89 Å². The van der Waals surface area contributed by atoms with E-state index in [2.05, 4.69) is 10.2 Å². The van der Waals surface area contributed by atoms with Crippen molar-refractivity contribution in [2.45, 2.75) is 19.5 Å². The number of furan rings is 1. The van der Waals surface area contributed by atoms with Crippen LogP contribution in [0.25, 0.3) is 11.3 Å². The second-order valence-corrected chi connectivity index (χ2v) is 7.64. The van der Waals surface area contributed by atoms with Crippen LogP contribution in [-0.4, -0.2) is 39.8 Å². The van der Waals surface area contributed by atoms with Gasteiger partial charge in [0.1, 0.15) is 22.9 Å². The molecule has 8 heteroatoms. The van der Waals surface area contributed by atoms with Crippen LogP contribution in [-0.2, 0) is 6.54 Å². The number of hydrogen-bond donors (Lipinski definition) is 2. The number of ether oxygens (including phenoxy) is 2. The molecule has 4 aromatic rings. The highest BCUT2D eigenvalue weighted by atomic mass is 16.5. The number of aromatic hydroxyl groups is 1. The van der Waals surface area contributed by atoms with Crippen molar-refractivity contribution in [3.8, 4) is 28.5 Å². The van der Waals surface area contributed by atoms with E-state index in [-0.39, 0.29) is 18.2 Å². The molecule has 1 atom stereocenters. The molecule has 1 aliphatic heterocycles. The summed E-state index contributed by atoms with van der Waals surface area (Å²) in [6.07, 6.45) is 1.58. The molecule has 5 rings (SSSR count). The van der Waals surface area contributed by atoms with Crippen LogP contribution in [0.1, 0.15) is 40.3 Å². The normalized spacial score (nSPS) is 15.0. The fourth-order valence-electron chi connectivity index (χ4n) is 4.28. The van der Waals surface area contributed by atoms with Crippen molar-refractivity contribution in [3.63, 3.8) is 0 Å². The van der Waals surface area contributed by atoms with Crippen LogP contribution in [0, 0.1) is 0 Å². The number of methoxy groups -OCH3 is 1. The summed E-state index contributed by atoms with van der Waals surface area (Å²) in [6, 6.07) is 15.7. The predicted molar refractivity (Wildman–Crippen MR) is 120 cm³/mol. The molecular weight excluding hydrogens is 422 g/mol. The number of rotatable bonds is 7. The third-order valence-electron chi connectivity index (χ3n) is 5.73. The van der Waals surface area contributed by atoms with Gasteiger partial charge in [-0.2, -0.15) is 5.10 Å². The van der Waals surface area contributed by atoms with E-state index in [0.717, 1.165) is 5.56 Å². The smallest absolute Gasteiger partial charge is 0.273 e. The minimum Gasteiger partial charge on any atom is -0.507 e. The van der Waals surface area contributed by atoms with Gasteiger partial charge in [0.2, 0.25) is 0 Å². The maximum atomic E-state index is 13.5. The zero-order valence-corrected chi connectivity index (χ0v) is 18.2. The van der Waals surface area contributed by atoms with Gasteiger partial charge in [-0.1, -0.05) is 18.2 Å². The van der Waals surface area contributed by atoms with Crippen LogP contribution >= 0.6 is 0 Å². The van der Waals surface area contributed by atoms with Crippen LogP contribution < -0.4 is 9.47 Å². The molecule has 0 saturated heterocycles. The molecule has 0 aliphatic carbocycles. The zero-order chi connectivity index (χ0) is 22.9. The number of H-pyrrole nitrogens is 1. The maximum Gasteiger partial charge on any atom is 0.273 e. The van der Waals surface area contributed by atoms with Gasteiger partial charge in [0.25, 0.3) is 5.91 Å². The molecular formula is C25H23N3O5. The highest BCUT2D eigenvalue weighted by Gasteiger charge is 2.43. The Labute approximate surface area is 190 Å². The van der Waals surface area contributed by atoms with Gasteiger partial charge in [-0.05, 0) is 48.9 Å². The van der Waals surface area contributed by atoms with Crippen molar-refractivity contribution in [1.82, 2.24) is 15.1 Å². The average molecular weight is 445 g/mol. The molecule has 168 valence electrons. The number of fused-ring (bicyclic) bond motifs is 1. The first-order valence-electron chi connectivity index (χ1n) is 10.6. The molecule has 2 aromatic heterocycles. The number of benzene rings is 2. The van der Waals surface area contributed by atoms with Crippen molar-refractivity contribution >= 4 is 5.91 Å². The second-order valence-electron chi connectivity index (χ2n) is 7.64. The fourth-order valence-corrected chi connectivity index (χ4v) is 4.28. The molecule has 3 heterocycles.